The summed E-state index contributed by atoms with van der Waals surface area (Å²) in [6.07, 6.45) is 0.785. The van der Waals surface area contributed by atoms with Crippen molar-refractivity contribution in [3.05, 3.63) is 52.2 Å². The summed E-state index contributed by atoms with van der Waals surface area (Å²) in [5.74, 6) is 0.442. The van der Waals surface area contributed by atoms with Crippen molar-refractivity contribution in [1.82, 2.24) is 15.5 Å². The van der Waals surface area contributed by atoms with Gasteiger partial charge in [0.2, 0.25) is 0 Å². The van der Waals surface area contributed by atoms with Crippen LogP contribution in [-0.2, 0) is 23.8 Å². The van der Waals surface area contributed by atoms with Gasteiger partial charge in [-0.3, -0.25) is 4.79 Å². The highest BCUT2D eigenvalue weighted by molar-refractivity contribution is 5.99. The molecule has 25 heavy (non-hydrogen) atoms. The van der Waals surface area contributed by atoms with E-state index < -0.39 is 0 Å². The second-order valence-electron chi connectivity index (χ2n) is 8.50. The first-order valence-electron chi connectivity index (χ1n) is 8.62. The van der Waals surface area contributed by atoms with Gasteiger partial charge in [-0.25, -0.2) is 0 Å². The normalized spacial score (nSPS) is 14.4. The number of hydrogen-bond donors (Lipinski definition) is 2. The summed E-state index contributed by atoms with van der Waals surface area (Å²) in [6, 6.07) is 7.99. The Morgan fingerprint density at radius 3 is 2.44 bits per heavy atom. The number of benzene rings is 1. The van der Waals surface area contributed by atoms with Crippen molar-refractivity contribution in [3.8, 4) is 0 Å². The Balaban J connectivity index is 2.04. The molecule has 2 aromatic rings. The monoisotopic (exact) mass is 338 g/mol. The first-order valence-corrected chi connectivity index (χ1v) is 8.62. The van der Waals surface area contributed by atoms with E-state index in [1.54, 1.807) is 6.07 Å². The van der Waals surface area contributed by atoms with Crippen LogP contribution in [0.2, 0.25) is 0 Å². The van der Waals surface area contributed by atoms with E-state index in [0.29, 0.717) is 12.4 Å². The molecule has 0 atom stereocenters. The predicted molar refractivity (Wildman–Crippen MR) is 99.5 cm³/mol. The van der Waals surface area contributed by atoms with Crippen LogP contribution in [0.15, 0.2) is 24.3 Å². The average molecular weight is 338 g/mol. The van der Waals surface area contributed by atoms with Gasteiger partial charge in [-0.15, -0.1) is 5.10 Å². The van der Waals surface area contributed by atoms with Gasteiger partial charge in [0, 0.05) is 17.5 Å². The maximum atomic E-state index is 12.2. The minimum absolute atomic E-state index is 0.0161. The molecule has 1 amide bonds. The first-order chi connectivity index (χ1) is 11.6. The summed E-state index contributed by atoms with van der Waals surface area (Å²) >= 11 is 0. The predicted octanol–water partition coefficient (Wildman–Crippen LogP) is 3.12. The molecular weight excluding hydrogens is 312 g/mol. The first kappa shape index (κ1) is 17.4. The molecule has 0 spiro atoms. The fourth-order valence-electron chi connectivity index (χ4n) is 3.27. The van der Waals surface area contributed by atoms with Crippen molar-refractivity contribution in [1.29, 1.82) is 0 Å². The molecular formula is C20H26N4O. The minimum atomic E-state index is -0.212. The van der Waals surface area contributed by atoms with E-state index in [1.165, 1.54) is 11.1 Å². The highest BCUT2D eigenvalue weighted by Gasteiger charge is 2.30. The van der Waals surface area contributed by atoms with Gasteiger partial charge >= 0.3 is 0 Å². The Morgan fingerprint density at radius 1 is 1.12 bits per heavy atom. The number of carbonyl (C=O) groups is 1. The SMILES string of the molecule is CC(C)(C)c1cc(CC(C)(C)c2ccc(N)nn2)c2c(c1)C(=O)NC2. The lowest BCUT2D eigenvalue weighted by Gasteiger charge is -2.27. The van der Waals surface area contributed by atoms with E-state index in [-0.39, 0.29) is 16.7 Å². The minimum Gasteiger partial charge on any atom is -0.382 e. The summed E-state index contributed by atoms with van der Waals surface area (Å²) in [6.45, 7) is 11.4. The third-order valence-electron chi connectivity index (χ3n) is 4.89. The van der Waals surface area contributed by atoms with E-state index >= 15 is 0 Å². The summed E-state index contributed by atoms with van der Waals surface area (Å²) in [4.78, 5) is 12.2. The van der Waals surface area contributed by atoms with Crippen molar-refractivity contribution in [2.24, 2.45) is 0 Å². The zero-order chi connectivity index (χ0) is 18.4. The summed E-state index contributed by atoms with van der Waals surface area (Å²) in [5.41, 5.74) is 10.6. The van der Waals surface area contributed by atoms with Gasteiger partial charge in [-0.05, 0) is 46.7 Å². The Kier molecular flexibility index (Phi) is 4.06. The van der Waals surface area contributed by atoms with E-state index in [0.717, 1.165) is 23.2 Å². The molecule has 5 heteroatoms. The van der Waals surface area contributed by atoms with Crippen molar-refractivity contribution >= 4 is 11.7 Å². The van der Waals surface area contributed by atoms with Gasteiger partial charge in [0.15, 0.2) is 0 Å². The van der Waals surface area contributed by atoms with Gasteiger partial charge in [0.1, 0.15) is 5.82 Å². The number of amides is 1. The molecule has 0 unspecified atom stereocenters. The largest absolute Gasteiger partial charge is 0.382 e. The standard InChI is InChI=1S/C20H26N4O/c1-19(2,3)13-8-12(15-11-22-18(25)14(15)9-13)10-20(4,5)16-6-7-17(21)24-23-16/h6-9H,10-11H2,1-5H3,(H2,21,24)(H,22,25). The van der Waals surface area contributed by atoms with Crippen LogP contribution in [-0.4, -0.2) is 16.1 Å². The van der Waals surface area contributed by atoms with Gasteiger partial charge in [-0.1, -0.05) is 40.7 Å². The molecule has 2 heterocycles. The third-order valence-corrected chi connectivity index (χ3v) is 4.89. The molecule has 3 N–H and O–H groups in total. The zero-order valence-corrected chi connectivity index (χ0v) is 15.6. The van der Waals surface area contributed by atoms with Crippen LogP contribution in [0.1, 0.15) is 67.4 Å². The molecule has 0 saturated carbocycles. The van der Waals surface area contributed by atoms with Gasteiger partial charge in [0.25, 0.3) is 5.91 Å². The van der Waals surface area contributed by atoms with Crippen molar-refractivity contribution in [2.75, 3.05) is 5.73 Å². The molecule has 1 aliphatic heterocycles. The smallest absolute Gasteiger partial charge is 0.251 e. The molecule has 0 radical (unpaired) electrons. The lowest BCUT2D eigenvalue weighted by Crippen LogP contribution is -2.24. The number of nitrogens with zero attached hydrogens (tertiary/aromatic N) is 2. The molecule has 0 aliphatic carbocycles. The van der Waals surface area contributed by atoms with Crippen LogP contribution in [0, 0.1) is 0 Å². The molecule has 0 bridgehead atoms. The molecule has 3 rings (SSSR count). The number of nitrogens with one attached hydrogen (secondary N) is 1. The summed E-state index contributed by atoms with van der Waals surface area (Å²) in [5, 5.41) is 11.2. The van der Waals surface area contributed by atoms with Crippen molar-refractivity contribution in [3.63, 3.8) is 0 Å². The van der Waals surface area contributed by atoms with Crippen molar-refractivity contribution < 1.29 is 4.79 Å². The molecule has 0 fully saturated rings. The third kappa shape index (κ3) is 3.36. The fourth-order valence-corrected chi connectivity index (χ4v) is 3.27. The lowest BCUT2D eigenvalue weighted by atomic mass is 9.77. The Hall–Kier alpha value is -2.43. The Bertz CT molecular complexity index is 817. The summed E-state index contributed by atoms with van der Waals surface area (Å²) < 4.78 is 0. The Morgan fingerprint density at radius 2 is 1.84 bits per heavy atom. The number of aromatic nitrogens is 2. The maximum absolute atomic E-state index is 12.2. The van der Waals surface area contributed by atoms with E-state index in [2.05, 4.69) is 56.2 Å². The maximum Gasteiger partial charge on any atom is 0.251 e. The van der Waals surface area contributed by atoms with Crippen LogP contribution in [0.5, 0.6) is 0 Å². The van der Waals surface area contributed by atoms with Gasteiger partial charge in [-0.2, -0.15) is 5.10 Å². The molecule has 132 valence electrons. The number of nitrogens with two attached hydrogens (primary N) is 1. The van der Waals surface area contributed by atoms with Gasteiger partial charge < -0.3 is 11.1 Å². The second kappa shape index (κ2) is 5.83. The molecule has 1 aromatic carbocycles. The van der Waals surface area contributed by atoms with Crippen LogP contribution >= 0.6 is 0 Å². The van der Waals surface area contributed by atoms with Crippen molar-refractivity contribution in [2.45, 2.75) is 58.4 Å². The van der Waals surface area contributed by atoms with Crippen LogP contribution in [0.4, 0.5) is 5.82 Å². The fraction of sp³-hybridized carbons (Fsp3) is 0.450. The van der Waals surface area contributed by atoms with E-state index in [4.69, 9.17) is 5.73 Å². The number of hydrogen-bond acceptors (Lipinski definition) is 4. The highest BCUT2D eigenvalue weighted by atomic mass is 16.1. The van der Waals surface area contributed by atoms with Crippen LogP contribution in [0.3, 0.4) is 0 Å². The topological polar surface area (TPSA) is 80.9 Å². The number of carbonyl (C=O) groups excluding carboxylic acids is 1. The number of nitrogen functional groups attached to an aromatic ring is 1. The number of fused-ring (bicyclic) bond motifs is 1. The zero-order valence-electron chi connectivity index (χ0n) is 15.6. The lowest BCUT2D eigenvalue weighted by molar-refractivity contribution is 0.0965. The molecule has 0 saturated heterocycles. The average Bonchev–Trinajstić information content (AvgIpc) is 2.88. The van der Waals surface area contributed by atoms with E-state index in [9.17, 15) is 4.79 Å². The van der Waals surface area contributed by atoms with Gasteiger partial charge in [0.05, 0.1) is 5.69 Å². The summed E-state index contributed by atoms with van der Waals surface area (Å²) in [7, 11) is 0. The second-order valence-corrected chi connectivity index (χ2v) is 8.50. The van der Waals surface area contributed by atoms with E-state index in [1.807, 2.05) is 12.1 Å². The molecule has 1 aliphatic rings. The number of anilines is 1. The molecule has 1 aromatic heterocycles. The quantitative estimate of drug-likeness (QED) is 0.901. The highest BCUT2D eigenvalue weighted by Crippen LogP contribution is 2.34. The van der Waals surface area contributed by atoms with Crippen LogP contribution in [0.25, 0.3) is 0 Å². The number of rotatable bonds is 3. The Labute approximate surface area is 149 Å². The molecule has 5 nitrogen and oxygen atoms in total. The van der Waals surface area contributed by atoms with Crippen LogP contribution < -0.4 is 11.1 Å².